The van der Waals surface area contributed by atoms with Gasteiger partial charge in [0.15, 0.2) is 0 Å². The van der Waals surface area contributed by atoms with Crippen molar-refractivity contribution in [1.82, 2.24) is 9.97 Å². The number of anilines is 1. The van der Waals surface area contributed by atoms with Crippen molar-refractivity contribution in [2.45, 2.75) is 13.0 Å². The minimum Gasteiger partial charge on any atom is -0.467 e. The summed E-state index contributed by atoms with van der Waals surface area (Å²) in [6.45, 7) is 1.17. The topological polar surface area (TPSA) is 104 Å². The Balaban J connectivity index is 2.85. The normalized spacial score (nSPS) is 11.9. The van der Waals surface area contributed by atoms with E-state index in [1.54, 1.807) is 6.92 Å². The standard InChI is InChI=1S/C9H13N3O4/c1-5-10-7(3-8(14)11-5)12-6(4-13)9(15)16-2/h3,6,13H,4H2,1-2H3,(H2,10,11,12,14). The summed E-state index contributed by atoms with van der Waals surface area (Å²) in [6, 6.07) is 0.261. The molecular formula is C9H13N3O4. The van der Waals surface area contributed by atoms with Crippen molar-refractivity contribution in [3.05, 3.63) is 22.2 Å². The molecular weight excluding hydrogens is 214 g/mol. The van der Waals surface area contributed by atoms with Crippen molar-refractivity contribution >= 4 is 11.8 Å². The highest BCUT2D eigenvalue weighted by Crippen LogP contribution is 2.02. The van der Waals surface area contributed by atoms with Gasteiger partial charge in [0.2, 0.25) is 0 Å². The molecule has 0 saturated heterocycles. The maximum atomic E-state index is 11.2. The second-order valence-corrected chi connectivity index (χ2v) is 3.12. The van der Waals surface area contributed by atoms with Crippen LogP contribution in [0.1, 0.15) is 5.82 Å². The SMILES string of the molecule is COC(=O)C(CO)Nc1cc(=O)[nH]c(C)n1. The molecule has 7 nitrogen and oxygen atoms in total. The van der Waals surface area contributed by atoms with Crippen molar-refractivity contribution in [3.63, 3.8) is 0 Å². The molecule has 0 bridgehead atoms. The molecule has 0 aliphatic rings. The van der Waals surface area contributed by atoms with Crippen molar-refractivity contribution in [2.75, 3.05) is 19.0 Å². The number of rotatable bonds is 4. The molecule has 3 N–H and O–H groups in total. The Morgan fingerprint density at radius 2 is 2.44 bits per heavy atom. The van der Waals surface area contributed by atoms with Gasteiger partial charge in [-0.25, -0.2) is 9.78 Å². The summed E-state index contributed by atoms with van der Waals surface area (Å²) < 4.78 is 4.46. The first-order valence-corrected chi connectivity index (χ1v) is 4.60. The average Bonchev–Trinajstić information content (AvgIpc) is 2.23. The molecule has 0 amide bonds. The third-order valence-corrected chi connectivity index (χ3v) is 1.85. The molecule has 1 unspecified atom stereocenters. The Bertz CT molecular complexity index is 429. The molecule has 0 saturated carbocycles. The lowest BCUT2D eigenvalue weighted by Crippen LogP contribution is -2.34. The number of aliphatic hydroxyl groups is 1. The molecule has 0 aliphatic carbocycles. The van der Waals surface area contributed by atoms with E-state index in [4.69, 9.17) is 5.11 Å². The van der Waals surface area contributed by atoms with E-state index in [1.807, 2.05) is 0 Å². The number of carbonyl (C=O) groups is 1. The molecule has 0 fully saturated rings. The molecule has 7 heteroatoms. The van der Waals surface area contributed by atoms with Crippen LogP contribution in [0.4, 0.5) is 5.82 Å². The minimum absolute atomic E-state index is 0.214. The summed E-state index contributed by atoms with van der Waals surface area (Å²) in [5.74, 6) is 0.00416. The average molecular weight is 227 g/mol. The third kappa shape index (κ3) is 3.06. The highest BCUT2D eigenvalue weighted by Gasteiger charge is 2.18. The highest BCUT2D eigenvalue weighted by atomic mass is 16.5. The summed E-state index contributed by atoms with van der Waals surface area (Å²) in [5.41, 5.74) is -0.337. The van der Waals surface area contributed by atoms with Crippen LogP contribution in [-0.4, -0.2) is 40.8 Å². The fourth-order valence-electron chi connectivity index (χ4n) is 1.15. The van der Waals surface area contributed by atoms with Crippen LogP contribution in [0.15, 0.2) is 10.9 Å². The van der Waals surface area contributed by atoms with Gasteiger partial charge in [0.25, 0.3) is 5.56 Å². The van der Waals surface area contributed by atoms with Crippen LogP contribution in [0, 0.1) is 6.92 Å². The summed E-state index contributed by atoms with van der Waals surface area (Å²) in [6.07, 6.45) is 0. The largest absolute Gasteiger partial charge is 0.467 e. The number of hydrogen-bond donors (Lipinski definition) is 3. The lowest BCUT2D eigenvalue weighted by Gasteiger charge is -2.14. The van der Waals surface area contributed by atoms with Crippen molar-refractivity contribution in [1.29, 1.82) is 0 Å². The van der Waals surface area contributed by atoms with Gasteiger partial charge in [0, 0.05) is 6.07 Å². The first kappa shape index (κ1) is 12.2. The number of esters is 1. The zero-order valence-corrected chi connectivity index (χ0v) is 8.98. The van der Waals surface area contributed by atoms with Gasteiger partial charge < -0.3 is 20.1 Å². The monoisotopic (exact) mass is 227 g/mol. The number of methoxy groups -OCH3 is 1. The predicted molar refractivity (Wildman–Crippen MR) is 56.1 cm³/mol. The van der Waals surface area contributed by atoms with Gasteiger partial charge in [-0.3, -0.25) is 4.79 Å². The number of carbonyl (C=O) groups excluding carboxylic acids is 1. The van der Waals surface area contributed by atoms with Crippen molar-refractivity contribution in [2.24, 2.45) is 0 Å². The summed E-state index contributed by atoms with van der Waals surface area (Å²) in [5, 5.41) is 11.6. The molecule has 0 aromatic carbocycles. The molecule has 1 heterocycles. The van der Waals surface area contributed by atoms with E-state index >= 15 is 0 Å². The van der Waals surface area contributed by atoms with E-state index in [2.05, 4.69) is 20.0 Å². The molecule has 1 aromatic heterocycles. The molecule has 1 aromatic rings. The van der Waals surface area contributed by atoms with Gasteiger partial charge in [-0.15, -0.1) is 0 Å². The van der Waals surface area contributed by atoms with E-state index < -0.39 is 18.6 Å². The van der Waals surface area contributed by atoms with Crippen LogP contribution in [0.5, 0.6) is 0 Å². The second kappa shape index (κ2) is 5.26. The van der Waals surface area contributed by atoms with Crippen molar-refractivity contribution in [3.8, 4) is 0 Å². The summed E-state index contributed by atoms with van der Waals surface area (Å²) in [7, 11) is 1.21. The first-order valence-electron chi connectivity index (χ1n) is 4.60. The number of hydrogen-bond acceptors (Lipinski definition) is 6. The number of nitrogens with one attached hydrogen (secondary N) is 2. The Labute approximate surface area is 91.5 Å². The van der Waals surface area contributed by atoms with Crippen LogP contribution in [-0.2, 0) is 9.53 Å². The Morgan fingerprint density at radius 1 is 1.75 bits per heavy atom. The molecule has 1 rings (SSSR count). The maximum absolute atomic E-state index is 11.2. The third-order valence-electron chi connectivity index (χ3n) is 1.85. The van der Waals surface area contributed by atoms with E-state index in [0.29, 0.717) is 5.82 Å². The Hall–Kier alpha value is -1.89. The van der Waals surface area contributed by atoms with Crippen LogP contribution < -0.4 is 10.9 Å². The summed E-state index contributed by atoms with van der Waals surface area (Å²) >= 11 is 0. The van der Waals surface area contributed by atoms with E-state index in [9.17, 15) is 9.59 Å². The highest BCUT2D eigenvalue weighted by molar-refractivity contribution is 5.78. The quantitative estimate of drug-likeness (QED) is 0.571. The molecule has 0 aliphatic heterocycles. The zero-order valence-electron chi connectivity index (χ0n) is 8.98. The Kier molecular flexibility index (Phi) is 4.01. The Morgan fingerprint density at radius 3 is 2.94 bits per heavy atom. The number of aromatic nitrogens is 2. The van der Waals surface area contributed by atoms with Crippen LogP contribution in [0.25, 0.3) is 0 Å². The minimum atomic E-state index is -0.932. The van der Waals surface area contributed by atoms with Gasteiger partial charge in [-0.05, 0) is 6.92 Å². The smallest absolute Gasteiger partial charge is 0.330 e. The van der Waals surface area contributed by atoms with Gasteiger partial charge in [-0.2, -0.15) is 0 Å². The molecule has 16 heavy (non-hydrogen) atoms. The number of aromatic amines is 1. The van der Waals surface area contributed by atoms with Crippen molar-refractivity contribution < 1.29 is 14.6 Å². The molecule has 88 valence electrons. The van der Waals surface area contributed by atoms with Gasteiger partial charge in [-0.1, -0.05) is 0 Å². The van der Waals surface area contributed by atoms with Gasteiger partial charge in [0.1, 0.15) is 17.7 Å². The fourth-order valence-corrected chi connectivity index (χ4v) is 1.15. The van der Waals surface area contributed by atoms with E-state index in [0.717, 1.165) is 0 Å². The van der Waals surface area contributed by atoms with Gasteiger partial charge in [0.05, 0.1) is 13.7 Å². The van der Waals surface area contributed by atoms with Crippen LogP contribution in [0.2, 0.25) is 0 Å². The lowest BCUT2D eigenvalue weighted by atomic mass is 10.3. The van der Waals surface area contributed by atoms with E-state index in [1.165, 1.54) is 13.2 Å². The van der Waals surface area contributed by atoms with Crippen LogP contribution in [0.3, 0.4) is 0 Å². The fraction of sp³-hybridized carbons (Fsp3) is 0.444. The first-order chi connectivity index (χ1) is 7.56. The number of ether oxygens (including phenoxy) is 1. The lowest BCUT2D eigenvalue weighted by molar-refractivity contribution is -0.142. The molecule has 1 atom stereocenters. The van der Waals surface area contributed by atoms with Gasteiger partial charge >= 0.3 is 5.97 Å². The number of H-pyrrole nitrogens is 1. The second-order valence-electron chi connectivity index (χ2n) is 3.12. The number of nitrogens with zero attached hydrogens (tertiary/aromatic N) is 1. The number of aliphatic hydroxyl groups excluding tert-OH is 1. The molecule has 0 spiro atoms. The maximum Gasteiger partial charge on any atom is 0.330 e. The van der Waals surface area contributed by atoms with Crippen LogP contribution >= 0.6 is 0 Å². The number of aryl methyl sites for hydroxylation is 1. The zero-order chi connectivity index (χ0) is 12.1. The van der Waals surface area contributed by atoms with E-state index in [-0.39, 0.29) is 11.4 Å². The molecule has 0 radical (unpaired) electrons. The predicted octanol–water partition coefficient (Wildman–Crippen LogP) is -0.976. The summed E-state index contributed by atoms with van der Waals surface area (Å²) in [4.78, 5) is 28.7.